The zero-order valence-corrected chi connectivity index (χ0v) is 34.8. The lowest BCUT2D eigenvalue weighted by molar-refractivity contribution is -0.161. The molecule has 53 heavy (non-hydrogen) atoms. The van der Waals surface area contributed by atoms with E-state index in [-0.39, 0.29) is 25.4 Å². The number of hydrogen-bond acceptors (Lipinski definition) is 7. The Labute approximate surface area is 324 Å². The van der Waals surface area contributed by atoms with Crippen molar-refractivity contribution < 1.29 is 37.6 Å². The van der Waals surface area contributed by atoms with Crippen molar-refractivity contribution in [1.82, 2.24) is 0 Å². The molecule has 0 amide bonds. The average molecular weight is 765 g/mol. The first kappa shape index (κ1) is 50.8. The topological polar surface area (TPSA) is 108 Å². The van der Waals surface area contributed by atoms with Crippen LogP contribution >= 0.6 is 7.82 Å². The number of hydrogen-bond donors (Lipinski definition) is 1. The van der Waals surface area contributed by atoms with Crippen LogP contribution in [0.5, 0.6) is 0 Å². The molecule has 0 bridgehead atoms. The van der Waals surface area contributed by atoms with Crippen LogP contribution < -0.4 is 0 Å². The lowest BCUT2D eigenvalue weighted by Gasteiger charge is -2.19. The van der Waals surface area contributed by atoms with Crippen LogP contribution in [0.2, 0.25) is 0 Å². The molecule has 0 heterocycles. The van der Waals surface area contributed by atoms with Crippen molar-refractivity contribution in [2.75, 3.05) is 20.3 Å². The highest BCUT2D eigenvalue weighted by molar-refractivity contribution is 7.47. The Kier molecular flexibility index (Phi) is 37.8. The smallest absolute Gasteiger partial charge is 0.462 e. The maximum Gasteiger partial charge on any atom is 0.472 e. The average Bonchev–Trinajstić information content (AvgIpc) is 3.15. The minimum absolute atomic E-state index is 0.225. The molecule has 0 aliphatic heterocycles. The molecule has 0 spiro atoms. The van der Waals surface area contributed by atoms with Gasteiger partial charge in [0.05, 0.1) is 6.61 Å². The first-order valence-electron chi connectivity index (χ1n) is 21.0. The van der Waals surface area contributed by atoms with Crippen molar-refractivity contribution in [2.45, 2.75) is 187 Å². The van der Waals surface area contributed by atoms with E-state index in [1.807, 2.05) is 0 Å². The summed E-state index contributed by atoms with van der Waals surface area (Å²) in [5.41, 5.74) is 0. The molecular formula is C44H77O8P. The van der Waals surface area contributed by atoms with Crippen molar-refractivity contribution >= 4 is 19.8 Å². The van der Waals surface area contributed by atoms with E-state index in [1.54, 1.807) is 0 Å². The molecule has 1 N–H and O–H groups in total. The van der Waals surface area contributed by atoms with E-state index in [4.69, 9.17) is 14.0 Å². The molecule has 0 aromatic heterocycles. The highest BCUT2D eigenvalue weighted by Gasteiger charge is 2.24. The first-order chi connectivity index (χ1) is 25.8. The van der Waals surface area contributed by atoms with Gasteiger partial charge in [-0.25, -0.2) is 4.57 Å². The molecule has 0 aliphatic carbocycles. The second-order valence-electron chi connectivity index (χ2n) is 13.7. The molecule has 0 aromatic carbocycles. The maximum absolute atomic E-state index is 12.5. The summed E-state index contributed by atoms with van der Waals surface area (Å²) in [6.07, 6.45) is 48.4. The minimum Gasteiger partial charge on any atom is -0.462 e. The fourth-order valence-corrected chi connectivity index (χ4v) is 5.99. The lowest BCUT2D eigenvalue weighted by atomic mass is 10.1. The van der Waals surface area contributed by atoms with E-state index < -0.39 is 26.5 Å². The number of carbonyl (C=O) groups excluding carboxylic acids is 2. The summed E-state index contributed by atoms with van der Waals surface area (Å²) in [5.74, 6) is -0.832. The summed E-state index contributed by atoms with van der Waals surface area (Å²) >= 11 is 0. The third-order valence-corrected chi connectivity index (χ3v) is 9.68. The summed E-state index contributed by atoms with van der Waals surface area (Å²) in [6.45, 7) is 3.75. The number of allylic oxidation sites excluding steroid dienone is 10. The number of unbranched alkanes of at least 4 members (excludes halogenated alkanes) is 17. The Bertz CT molecular complexity index is 1050. The highest BCUT2D eigenvalue weighted by Crippen LogP contribution is 2.42. The van der Waals surface area contributed by atoms with Gasteiger partial charge in [0.2, 0.25) is 0 Å². The molecule has 2 atom stereocenters. The molecule has 2 unspecified atom stereocenters. The quantitative estimate of drug-likeness (QED) is 0.0286. The van der Waals surface area contributed by atoms with E-state index in [0.29, 0.717) is 6.42 Å². The van der Waals surface area contributed by atoms with Gasteiger partial charge in [-0.05, 0) is 77.0 Å². The molecular weight excluding hydrogens is 687 g/mol. The van der Waals surface area contributed by atoms with Gasteiger partial charge in [0.25, 0.3) is 0 Å². The number of rotatable bonds is 38. The number of ether oxygens (including phenoxy) is 2. The number of phosphoric acid groups is 1. The highest BCUT2D eigenvalue weighted by atomic mass is 31.2. The molecule has 0 radical (unpaired) electrons. The Morgan fingerprint density at radius 2 is 0.962 bits per heavy atom. The monoisotopic (exact) mass is 765 g/mol. The van der Waals surface area contributed by atoms with Crippen molar-refractivity contribution in [1.29, 1.82) is 0 Å². The SMILES string of the molecule is CC/C=C\C/C=C\C/C=C\C/C=C\CCCCCCCCC(=O)OC(COC(=O)CCCCCCC/C=C\CCCCCCCC)COP(=O)(O)OC. The van der Waals surface area contributed by atoms with Crippen molar-refractivity contribution in [2.24, 2.45) is 0 Å². The molecule has 0 saturated carbocycles. The van der Waals surface area contributed by atoms with E-state index in [0.717, 1.165) is 110 Å². The van der Waals surface area contributed by atoms with Gasteiger partial charge in [-0.2, -0.15) is 0 Å². The van der Waals surface area contributed by atoms with Gasteiger partial charge >= 0.3 is 19.8 Å². The van der Waals surface area contributed by atoms with Crippen molar-refractivity contribution in [3.05, 3.63) is 60.8 Å². The van der Waals surface area contributed by atoms with Gasteiger partial charge in [0.15, 0.2) is 6.10 Å². The van der Waals surface area contributed by atoms with Crippen LogP contribution in [0, 0.1) is 0 Å². The Hall–Kier alpha value is -2.25. The standard InChI is InChI=1S/C44H77O8P/c1-4-6-8-10-12-14-16-18-20-21-22-23-25-27-29-31-33-35-37-39-44(46)52-42(41-51-53(47,48)49-3)40-50-43(45)38-36-34-32-30-28-26-24-19-17-15-13-11-9-7-5-2/h6,8,12,14,18-20,22-24,42H,4-5,7,9-11,13,15-17,21,25-41H2,1-3H3,(H,47,48)/b8-6-,14-12-,20-18-,23-22-,24-19-. The molecule has 306 valence electrons. The number of carbonyl (C=O) groups is 2. The van der Waals surface area contributed by atoms with Crippen molar-refractivity contribution in [3.63, 3.8) is 0 Å². The largest absolute Gasteiger partial charge is 0.472 e. The van der Waals surface area contributed by atoms with E-state index in [1.165, 1.54) is 44.9 Å². The Morgan fingerprint density at radius 3 is 1.45 bits per heavy atom. The first-order valence-corrected chi connectivity index (χ1v) is 22.5. The van der Waals surface area contributed by atoms with Gasteiger partial charge in [0, 0.05) is 20.0 Å². The fraction of sp³-hybridized carbons (Fsp3) is 0.727. The van der Waals surface area contributed by atoms with Gasteiger partial charge in [-0.3, -0.25) is 18.6 Å². The summed E-state index contributed by atoms with van der Waals surface area (Å²) in [4.78, 5) is 34.4. The maximum atomic E-state index is 12.5. The molecule has 9 heteroatoms. The van der Waals surface area contributed by atoms with Gasteiger partial charge < -0.3 is 14.4 Å². The van der Waals surface area contributed by atoms with Crippen LogP contribution in [0.1, 0.15) is 181 Å². The number of esters is 2. The summed E-state index contributed by atoms with van der Waals surface area (Å²) in [5, 5.41) is 0. The molecule has 8 nitrogen and oxygen atoms in total. The zero-order valence-electron chi connectivity index (χ0n) is 33.9. The van der Waals surface area contributed by atoms with Gasteiger partial charge in [-0.1, -0.05) is 152 Å². The summed E-state index contributed by atoms with van der Waals surface area (Å²) in [6, 6.07) is 0. The van der Waals surface area contributed by atoms with Crippen LogP contribution in [0.25, 0.3) is 0 Å². The van der Waals surface area contributed by atoms with E-state index >= 15 is 0 Å². The van der Waals surface area contributed by atoms with Crippen molar-refractivity contribution in [3.8, 4) is 0 Å². The molecule has 0 aliphatic rings. The van der Waals surface area contributed by atoms with E-state index in [9.17, 15) is 19.0 Å². The summed E-state index contributed by atoms with van der Waals surface area (Å²) < 4.78 is 32.0. The Balaban J connectivity index is 4.06. The van der Waals surface area contributed by atoms with Crippen LogP contribution in [-0.2, 0) is 32.7 Å². The zero-order chi connectivity index (χ0) is 38.9. The normalized spacial score (nSPS) is 14.0. The molecule has 0 aromatic rings. The molecule has 0 rings (SSSR count). The van der Waals surface area contributed by atoms with E-state index in [2.05, 4.69) is 79.1 Å². The van der Waals surface area contributed by atoms with Gasteiger partial charge in [0.1, 0.15) is 6.61 Å². The third-order valence-electron chi connectivity index (χ3n) is 8.75. The number of phosphoric ester groups is 1. The van der Waals surface area contributed by atoms with Crippen LogP contribution in [-0.4, -0.2) is 43.3 Å². The van der Waals surface area contributed by atoms with Crippen LogP contribution in [0.4, 0.5) is 0 Å². The summed E-state index contributed by atoms with van der Waals surface area (Å²) in [7, 11) is -3.21. The predicted molar refractivity (Wildman–Crippen MR) is 221 cm³/mol. The van der Waals surface area contributed by atoms with Crippen LogP contribution in [0.3, 0.4) is 0 Å². The predicted octanol–water partition coefficient (Wildman–Crippen LogP) is 13.2. The second kappa shape index (κ2) is 39.4. The molecule has 0 fully saturated rings. The third kappa shape index (κ3) is 39.3. The fourth-order valence-electron chi connectivity index (χ4n) is 5.53. The van der Waals surface area contributed by atoms with Gasteiger partial charge in [-0.15, -0.1) is 0 Å². The van der Waals surface area contributed by atoms with Crippen LogP contribution in [0.15, 0.2) is 60.8 Å². The Morgan fingerprint density at radius 1 is 0.547 bits per heavy atom. The lowest BCUT2D eigenvalue weighted by Crippen LogP contribution is -2.29. The second-order valence-corrected chi connectivity index (χ2v) is 15.3. The minimum atomic E-state index is -4.27. The molecule has 0 saturated heterocycles.